The predicted molar refractivity (Wildman–Crippen MR) is 161 cm³/mol. The van der Waals surface area contributed by atoms with E-state index in [4.69, 9.17) is 0 Å². The van der Waals surface area contributed by atoms with Crippen molar-refractivity contribution in [2.24, 2.45) is 11.8 Å². The molecule has 1 aliphatic carbocycles. The van der Waals surface area contributed by atoms with E-state index in [1.54, 1.807) is 0 Å². The average molecular weight is 536 g/mol. The standard InChI is InChI=1S/C32H45N3O2S/c1-5-6-8-15-27-18-19-35(20-21-38-27)23-31(36)30(22-24(2)3)33-25(4)28-16-11-12-17-29(28)34-32(37)26-13-9-7-10-14-26/h5-10,13-15,18,24,28-30,33H,4,11-12,16-17,19-23H2,1-3H3,(H,34,37)/b6-5-,15-8-/t28-,29-,30-/m0/s1. The van der Waals surface area contributed by atoms with Gasteiger partial charge in [0.05, 0.1) is 12.6 Å². The van der Waals surface area contributed by atoms with Crippen LogP contribution in [0, 0.1) is 11.8 Å². The largest absolute Gasteiger partial charge is 0.379 e. The average Bonchev–Trinajstić information content (AvgIpc) is 3.14. The zero-order chi connectivity index (χ0) is 27.3. The lowest BCUT2D eigenvalue weighted by Gasteiger charge is -2.36. The van der Waals surface area contributed by atoms with Gasteiger partial charge in [-0.1, -0.05) is 75.8 Å². The smallest absolute Gasteiger partial charge is 0.251 e. The minimum Gasteiger partial charge on any atom is -0.379 e. The molecule has 3 atom stereocenters. The molecule has 1 amide bonds. The molecule has 3 rings (SSSR count). The van der Waals surface area contributed by atoms with Gasteiger partial charge in [-0.25, -0.2) is 0 Å². The van der Waals surface area contributed by atoms with Crippen LogP contribution >= 0.6 is 11.8 Å². The highest BCUT2D eigenvalue weighted by atomic mass is 32.2. The van der Waals surface area contributed by atoms with E-state index in [9.17, 15) is 9.59 Å². The lowest BCUT2D eigenvalue weighted by Crippen LogP contribution is -2.48. The highest BCUT2D eigenvalue weighted by Gasteiger charge is 2.31. The second kappa shape index (κ2) is 15.7. The van der Waals surface area contributed by atoms with Crippen LogP contribution < -0.4 is 10.6 Å². The van der Waals surface area contributed by atoms with Gasteiger partial charge < -0.3 is 10.6 Å². The first kappa shape index (κ1) is 30.0. The summed E-state index contributed by atoms with van der Waals surface area (Å²) in [7, 11) is 0. The highest BCUT2D eigenvalue weighted by molar-refractivity contribution is 8.03. The molecule has 6 heteroatoms. The molecule has 1 aromatic rings. The van der Waals surface area contributed by atoms with Crippen LogP contribution in [0.1, 0.15) is 63.2 Å². The summed E-state index contributed by atoms with van der Waals surface area (Å²) in [5.41, 5.74) is 1.55. The summed E-state index contributed by atoms with van der Waals surface area (Å²) in [4.78, 5) is 29.9. The molecule has 5 nitrogen and oxygen atoms in total. The Bertz CT molecular complexity index is 1010. The molecule has 0 radical (unpaired) electrons. The fraction of sp³-hybridized carbons (Fsp3) is 0.500. The number of hydrogen-bond donors (Lipinski definition) is 2. The first-order chi connectivity index (χ1) is 18.4. The van der Waals surface area contributed by atoms with Gasteiger partial charge in [-0.2, -0.15) is 0 Å². The Morgan fingerprint density at radius 3 is 2.66 bits per heavy atom. The number of carbonyl (C=O) groups is 2. The number of rotatable bonds is 12. The molecule has 1 heterocycles. The molecule has 0 unspecified atom stereocenters. The number of amides is 1. The first-order valence-corrected chi connectivity index (χ1v) is 15.0. The number of Topliss-reactive ketones (excluding diaryl/α,β-unsaturated/α-hetero) is 1. The van der Waals surface area contributed by atoms with Gasteiger partial charge in [-0.05, 0) is 50.3 Å². The lowest BCUT2D eigenvalue weighted by atomic mass is 9.82. The van der Waals surface area contributed by atoms with E-state index < -0.39 is 0 Å². The van der Waals surface area contributed by atoms with E-state index >= 15 is 0 Å². The van der Waals surface area contributed by atoms with E-state index in [0.29, 0.717) is 18.0 Å². The number of ketones is 1. The number of thioether (sulfide) groups is 1. The minimum absolute atomic E-state index is 0.0213. The third kappa shape index (κ3) is 9.63. The second-order valence-electron chi connectivity index (χ2n) is 10.7. The van der Waals surface area contributed by atoms with E-state index in [2.05, 4.69) is 54.2 Å². The Morgan fingerprint density at radius 2 is 1.92 bits per heavy atom. The summed E-state index contributed by atoms with van der Waals surface area (Å²) in [6.45, 7) is 12.8. The van der Waals surface area contributed by atoms with Gasteiger partial charge in [0, 0.05) is 47.0 Å². The summed E-state index contributed by atoms with van der Waals surface area (Å²) in [6, 6.07) is 9.12. The highest BCUT2D eigenvalue weighted by Crippen LogP contribution is 2.29. The number of carbonyl (C=O) groups excluding carboxylic acids is 2. The van der Waals surface area contributed by atoms with Crippen molar-refractivity contribution in [2.45, 2.75) is 65.0 Å². The van der Waals surface area contributed by atoms with Crippen LogP contribution in [0.2, 0.25) is 0 Å². The van der Waals surface area contributed by atoms with Crippen LogP contribution in [0.4, 0.5) is 0 Å². The fourth-order valence-electron chi connectivity index (χ4n) is 5.15. The summed E-state index contributed by atoms with van der Waals surface area (Å²) in [6.07, 6.45) is 15.3. The van der Waals surface area contributed by atoms with E-state index in [-0.39, 0.29) is 29.7 Å². The topological polar surface area (TPSA) is 61.4 Å². The van der Waals surface area contributed by atoms with Crippen molar-refractivity contribution >= 4 is 23.5 Å². The van der Waals surface area contributed by atoms with Crippen molar-refractivity contribution in [3.8, 4) is 0 Å². The Labute approximate surface area is 233 Å². The maximum absolute atomic E-state index is 13.5. The molecule has 0 spiro atoms. The Hall–Kier alpha value is -2.57. The van der Waals surface area contributed by atoms with Gasteiger partial charge >= 0.3 is 0 Å². The second-order valence-corrected chi connectivity index (χ2v) is 11.9. The molecule has 1 aromatic carbocycles. The maximum atomic E-state index is 13.5. The molecule has 206 valence electrons. The van der Waals surface area contributed by atoms with Gasteiger partial charge in [0.25, 0.3) is 5.91 Å². The van der Waals surface area contributed by atoms with Crippen molar-refractivity contribution in [3.63, 3.8) is 0 Å². The van der Waals surface area contributed by atoms with Crippen LogP contribution in [-0.4, -0.2) is 54.1 Å². The minimum atomic E-state index is -0.274. The van der Waals surface area contributed by atoms with Crippen molar-refractivity contribution in [2.75, 3.05) is 25.4 Å². The molecule has 2 N–H and O–H groups in total. The summed E-state index contributed by atoms with van der Waals surface area (Å²) in [5.74, 6) is 1.64. The molecular weight excluding hydrogens is 490 g/mol. The van der Waals surface area contributed by atoms with Gasteiger partial charge in [-0.15, -0.1) is 11.8 Å². The molecule has 1 aliphatic heterocycles. The van der Waals surface area contributed by atoms with Gasteiger partial charge in [0.15, 0.2) is 5.78 Å². The van der Waals surface area contributed by atoms with E-state index in [1.165, 1.54) is 4.91 Å². The molecular formula is C32H45N3O2S. The van der Waals surface area contributed by atoms with Gasteiger partial charge in [0.2, 0.25) is 0 Å². The predicted octanol–water partition coefficient (Wildman–Crippen LogP) is 6.13. The van der Waals surface area contributed by atoms with E-state index in [0.717, 1.165) is 56.6 Å². The van der Waals surface area contributed by atoms with Crippen LogP contribution in [0.25, 0.3) is 0 Å². The van der Waals surface area contributed by atoms with Crippen LogP contribution in [-0.2, 0) is 4.79 Å². The SMILES string of the molecule is C=C(N[C@@H](CC(C)C)C(=O)CN1CC=C(/C=C\C=C/C)SCC1)[C@@H]1CCCC[C@@H]1NC(=O)c1ccccc1. The molecule has 0 bridgehead atoms. The van der Waals surface area contributed by atoms with Gasteiger partial charge in [0.1, 0.15) is 0 Å². The third-order valence-corrected chi connectivity index (χ3v) is 8.21. The zero-order valence-electron chi connectivity index (χ0n) is 23.3. The number of hydrogen-bond acceptors (Lipinski definition) is 5. The quantitative estimate of drug-likeness (QED) is 0.316. The first-order valence-electron chi connectivity index (χ1n) is 14.1. The van der Waals surface area contributed by atoms with Crippen LogP contribution in [0.5, 0.6) is 0 Å². The molecule has 2 aliphatic rings. The Balaban J connectivity index is 1.62. The summed E-state index contributed by atoms with van der Waals surface area (Å²) >= 11 is 1.84. The van der Waals surface area contributed by atoms with E-state index in [1.807, 2.05) is 61.2 Å². The third-order valence-electron chi connectivity index (χ3n) is 7.19. The zero-order valence-corrected chi connectivity index (χ0v) is 24.1. The Morgan fingerprint density at radius 1 is 1.16 bits per heavy atom. The van der Waals surface area contributed by atoms with Gasteiger partial charge in [-0.3, -0.25) is 14.5 Å². The van der Waals surface area contributed by atoms with Crippen molar-refractivity contribution in [3.05, 3.63) is 83.5 Å². The summed E-state index contributed by atoms with van der Waals surface area (Å²) < 4.78 is 0. The molecule has 0 saturated heterocycles. The molecule has 0 aromatic heterocycles. The lowest BCUT2D eigenvalue weighted by molar-refractivity contribution is -0.122. The summed E-state index contributed by atoms with van der Waals surface area (Å²) in [5, 5.41) is 6.80. The van der Waals surface area contributed by atoms with Crippen LogP contribution in [0.3, 0.4) is 0 Å². The maximum Gasteiger partial charge on any atom is 0.251 e. The number of nitrogens with zero attached hydrogens (tertiary/aromatic N) is 1. The number of nitrogens with one attached hydrogen (secondary N) is 2. The molecule has 38 heavy (non-hydrogen) atoms. The number of benzene rings is 1. The molecule has 1 fully saturated rings. The van der Waals surface area contributed by atoms with Crippen molar-refractivity contribution < 1.29 is 9.59 Å². The van der Waals surface area contributed by atoms with Crippen LogP contribution in [0.15, 0.2) is 77.9 Å². The normalized spacial score (nSPS) is 21.7. The number of allylic oxidation sites excluding steroid dienone is 4. The van der Waals surface area contributed by atoms with Crippen molar-refractivity contribution in [1.29, 1.82) is 0 Å². The molecule has 1 saturated carbocycles. The monoisotopic (exact) mass is 535 g/mol. The fourth-order valence-corrected chi connectivity index (χ4v) is 6.10. The Kier molecular flexibility index (Phi) is 12.4. The van der Waals surface area contributed by atoms with Crippen molar-refractivity contribution in [1.82, 2.24) is 15.5 Å².